The number of carbonyl (C=O) groups excluding carboxylic acids is 1. The van der Waals surface area contributed by atoms with Crippen molar-refractivity contribution in [1.29, 1.82) is 0 Å². The first-order valence-electron chi connectivity index (χ1n) is 8.52. The summed E-state index contributed by atoms with van der Waals surface area (Å²) in [6, 6.07) is 11.4. The molecule has 0 unspecified atom stereocenters. The molecule has 1 aliphatic rings. The van der Waals surface area contributed by atoms with E-state index in [9.17, 15) is 9.59 Å². The summed E-state index contributed by atoms with van der Waals surface area (Å²) in [6.45, 7) is 5.71. The van der Waals surface area contributed by atoms with Gasteiger partial charge in [0.15, 0.2) is 0 Å². The van der Waals surface area contributed by atoms with Crippen LogP contribution in [0.2, 0.25) is 0 Å². The number of aryl methyl sites for hydroxylation is 2. The van der Waals surface area contributed by atoms with Crippen LogP contribution in [0.3, 0.4) is 0 Å². The summed E-state index contributed by atoms with van der Waals surface area (Å²) < 4.78 is 1.57. The topological polar surface area (TPSA) is 57.6 Å². The van der Waals surface area contributed by atoms with Crippen molar-refractivity contribution in [3.05, 3.63) is 64.1 Å². The lowest BCUT2D eigenvalue weighted by molar-refractivity contribution is 0.143. The number of nitrogens with one attached hydrogen (secondary N) is 1. The molecule has 0 saturated carbocycles. The first-order chi connectivity index (χ1) is 12.0. The summed E-state index contributed by atoms with van der Waals surface area (Å²) in [5, 5.41) is 2.96. The van der Waals surface area contributed by atoms with Crippen LogP contribution in [0.1, 0.15) is 11.1 Å². The van der Waals surface area contributed by atoms with E-state index in [1.54, 1.807) is 23.9 Å². The molecule has 25 heavy (non-hydrogen) atoms. The number of hydrogen-bond donors (Lipinski definition) is 1. The van der Waals surface area contributed by atoms with Gasteiger partial charge in [0.1, 0.15) is 0 Å². The van der Waals surface area contributed by atoms with Crippen LogP contribution in [0.5, 0.6) is 0 Å². The summed E-state index contributed by atoms with van der Waals surface area (Å²) in [7, 11) is 1.75. The molecule has 1 fully saturated rings. The highest BCUT2D eigenvalue weighted by atomic mass is 16.2. The molecule has 0 spiro atoms. The molecule has 2 aromatic rings. The van der Waals surface area contributed by atoms with E-state index in [0.29, 0.717) is 13.1 Å². The second-order valence-electron chi connectivity index (χ2n) is 6.55. The van der Waals surface area contributed by atoms with Crippen molar-refractivity contribution in [1.82, 2.24) is 14.4 Å². The number of aromatic nitrogens is 1. The molecular formula is C19H24N4O2. The van der Waals surface area contributed by atoms with Crippen molar-refractivity contribution in [2.24, 2.45) is 7.05 Å². The summed E-state index contributed by atoms with van der Waals surface area (Å²) in [5.41, 5.74) is 2.97. The Morgan fingerprint density at radius 1 is 1.12 bits per heavy atom. The van der Waals surface area contributed by atoms with Crippen LogP contribution < -0.4 is 10.9 Å². The Kier molecular flexibility index (Phi) is 5.19. The van der Waals surface area contributed by atoms with Gasteiger partial charge in [-0.3, -0.25) is 9.69 Å². The van der Waals surface area contributed by atoms with E-state index < -0.39 is 0 Å². The van der Waals surface area contributed by atoms with E-state index in [4.69, 9.17) is 0 Å². The molecule has 2 amide bonds. The van der Waals surface area contributed by atoms with Gasteiger partial charge in [0.25, 0.3) is 5.56 Å². The summed E-state index contributed by atoms with van der Waals surface area (Å²) in [6.07, 6.45) is 1.79. The van der Waals surface area contributed by atoms with Gasteiger partial charge < -0.3 is 14.8 Å². The number of benzene rings is 1. The van der Waals surface area contributed by atoms with E-state index in [2.05, 4.69) is 10.2 Å². The monoisotopic (exact) mass is 340 g/mol. The highest BCUT2D eigenvalue weighted by Gasteiger charge is 2.21. The maximum atomic E-state index is 12.4. The Balaban J connectivity index is 1.51. The fraction of sp³-hybridized carbons (Fsp3) is 0.368. The summed E-state index contributed by atoms with van der Waals surface area (Å²) >= 11 is 0. The van der Waals surface area contributed by atoms with Gasteiger partial charge in [-0.2, -0.15) is 0 Å². The number of pyridine rings is 1. The van der Waals surface area contributed by atoms with Gasteiger partial charge in [-0.05, 0) is 36.2 Å². The molecule has 6 heteroatoms. The second kappa shape index (κ2) is 7.53. The molecule has 6 nitrogen and oxygen atoms in total. The van der Waals surface area contributed by atoms with Gasteiger partial charge in [0.05, 0.1) is 0 Å². The maximum Gasteiger partial charge on any atom is 0.321 e. The van der Waals surface area contributed by atoms with Crippen molar-refractivity contribution < 1.29 is 4.79 Å². The third kappa shape index (κ3) is 4.48. The van der Waals surface area contributed by atoms with E-state index in [1.807, 2.05) is 42.2 Å². The number of urea groups is 1. The number of nitrogens with zero attached hydrogens (tertiary/aromatic N) is 3. The van der Waals surface area contributed by atoms with Crippen LogP contribution in [0.25, 0.3) is 0 Å². The zero-order chi connectivity index (χ0) is 17.8. The van der Waals surface area contributed by atoms with E-state index in [1.165, 1.54) is 0 Å². The normalized spacial score (nSPS) is 15.2. The molecule has 1 aliphatic heterocycles. The molecule has 0 atom stereocenters. The van der Waals surface area contributed by atoms with Gasteiger partial charge in [0.2, 0.25) is 0 Å². The van der Waals surface area contributed by atoms with Crippen LogP contribution in [0.15, 0.2) is 47.4 Å². The molecule has 0 bridgehead atoms. The fourth-order valence-corrected chi connectivity index (χ4v) is 2.98. The lowest BCUT2D eigenvalue weighted by Crippen LogP contribution is -2.49. The largest absolute Gasteiger partial charge is 0.322 e. The Hall–Kier alpha value is -2.60. The molecule has 1 aromatic heterocycles. The first kappa shape index (κ1) is 17.2. The number of hydrogen-bond acceptors (Lipinski definition) is 3. The molecule has 1 N–H and O–H groups in total. The summed E-state index contributed by atoms with van der Waals surface area (Å²) in [5.74, 6) is 0. The Bertz CT molecular complexity index is 807. The molecule has 1 aromatic carbocycles. The molecule has 3 rings (SSSR count). The van der Waals surface area contributed by atoms with E-state index in [-0.39, 0.29) is 11.6 Å². The van der Waals surface area contributed by atoms with Crippen LogP contribution in [0.4, 0.5) is 10.5 Å². The molecule has 1 saturated heterocycles. The molecule has 2 heterocycles. The number of amides is 2. The molecular weight excluding hydrogens is 316 g/mol. The zero-order valence-corrected chi connectivity index (χ0v) is 14.7. The van der Waals surface area contributed by atoms with E-state index in [0.717, 1.165) is 36.4 Å². The Labute approximate surface area is 147 Å². The van der Waals surface area contributed by atoms with Crippen LogP contribution in [-0.2, 0) is 13.6 Å². The predicted molar refractivity (Wildman–Crippen MR) is 98.7 cm³/mol. The zero-order valence-electron chi connectivity index (χ0n) is 14.7. The molecule has 0 aliphatic carbocycles. The Morgan fingerprint density at radius 2 is 1.88 bits per heavy atom. The molecule has 0 radical (unpaired) electrons. The van der Waals surface area contributed by atoms with Gasteiger partial charge >= 0.3 is 6.03 Å². The fourth-order valence-electron chi connectivity index (χ4n) is 2.98. The average Bonchev–Trinajstić information content (AvgIpc) is 2.59. The number of anilines is 1. The van der Waals surface area contributed by atoms with Crippen molar-refractivity contribution >= 4 is 11.7 Å². The highest BCUT2D eigenvalue weighted by molar-refractivity contribution is 5.89. The standard InChI is InChI=1S/C19H24N4O2/c1-15-4-3-5-17(12-15)20-19(25)23-10-8-22(9-11-23)14-16-6-7-21(2)18(24)13-16/h3-7,12-13H,8-11,14H2,1-2H3,(H,20,25). The van der Waals surface area contributed by atoms with Crippen molar-refractivity contribution in [3.8, 4) is 0 Å². The lowest BCUT2D eigenvalue weighted by Gasteiger charge is -2.34. The average molecular weight is 340 g/mol. The third-order valence-corrected chi connectivity index (χ3v) is 4.50. The maximum absolute atomic E-state index is 12.4. The lowest BCUT2D eigenvalue weighted by atomic mass is 10.2. The quantitative estimate of drug-likeness (QED) is 0.930. The molecule has 132 valence electrons. The van der Waals surface area contributed by atoms with Gasteiger partial charge in [0, 0.05) is 57.7 Å². The van der Waals surface area contributed by atoms with Gasteiger partial charge in [-0.15, -0.1) is 0 Å². The van der Waals surface area contributed by atoms with Crippen LogP contribution in [-0.4, -0.2) is 46.6 Å². The van der Waals surface area contributed by atoms with Crippen molar-refractivity contribution in [2.75, 3.05) is 31.5 Å². The Morgan fingerprint density at radius 3 is 2.56 bits per heavy atom. The number of carbonyl (C=O) groups is 1. The smallest absolute Gasteiger partial charge is 0.321 e. The number of rotatable bonds is 3. The van der Waals surface area contributed by atoms with Gasteiger partial charge in [-0.1, -0.05) is 12.1 Å². The third-order valence-electron chi connectivity index (χ3n) is 4.50. The number of piperazine rings is 1. The van der Waals surface area contributed by atoms with Crippen LogP contribution >= 0.6 is 0 Å². The minimum atomic E-state index is -0.0566. The van der Waals surface area contributed by atoms with Crippen molar-refractivity contribution in [2.45, 2.75) is 13.5 Å². The van der Waals surface area contributed by atoms with E-state index >= 15 is 0 Å². The van der Waals surface area contributed by atoms with Crippen LogP contribution in [0, 0.1) is 6.92 Å². The SMILES string of the molecule is Cc1cccc(NC(=O)N2CCN(Cc3ccn(C)c(=O)c3)CC2)c1. The van der Waals surface area contributed by atoms with Gasteiger partial charge in [-0.25, -0.2) is 4.79 Å². The first-order valence-corrected chi connectivity index (χ1v) is 8.52. The highest BCUT2D eigenvalue weighted by Crippen LogP contribution is 2.12. The van der Waals surface area contributed by atoms with Crippen molar-refractivity contribution in [3.63, 3.8) is 0 Å². The predicted octanol–water partition coefficient (Wildman–Crippen LogP) is 2.04. The minimum Gasteiger partial charge on any atom is -0.322 e. The summed E-state index contributed by atoms with van der Waals surface area (Å²) in [4.78, 5) is 28.2. The second-order valence-corrected chi connectivity index (χ2v) is 6.55. The minimum absolute atomic E-state index is 0.00803.